The zero-order valence-corrected chi connectivity index (χ0v) is 18.2. The number of imide groups is 3. The molecule has 1 fully saturated rings. The van der Waals surface area contributed by atoms with Crippen LogP contribution in [-0.4, -0.2) is 39.4 Å². The zero-order valence-electron chi connectivity index (χ0n) is 16.6. The molecule has 8 nitrogen and oxygen atoms in total. The lowest BCUT2D eigenvalue weighted by atomic mass is 9.59. The Morgan fingerprint density at radius 2 is 1.75 bits per heavy atom. The molecule has 0 spiro atoms. The summed E-state index contributed by atoms with van der Waals surface area (Å²) >= 11 is 3.15. The zero-order chi connectivity index (χ0) is 22.9. The standard InChI is InChI=1S/C23H17BrN2O6/c24-15-8-16(28)19-14(20(15)29)7-13-11(17(19)9-1-3-10(27)4-2-9)5-6-12-18(13)22(31)26(21(12)30)23(25)32/h1-5,8,12-13,17-18,27H,6-7H2,(H2,25,32). The minimum atomic E-state index is -1.11. The average Bonchev–Trinajstić information content (AvgIpc) is 3.01. The van der Waals surface area contributed by atoms with Crippen LogP contribution in [0.25, 0.3) is 0 Å². The number of likely N-dealkylation sites (tertiary alicyclic amines) is 1. The molecule has 4 aliphatic rings. The first-order valence-electron chi connectivity index (χ1n) is 10.1. The molecule has 0 bridgehead atoms. The molecule has 1 aromatic carbocycles. The number of carbonyl (C=O) groups is 5. The Balaban J connectivity index is 1.69. The Morgan fingerprint density at radius 3 is 2.41 bits per heavy atom. The van der Waals surface area contributed by atoms with Crippen LogP contribution in [0.3, 0.4) is 0 Å². The Kier molecular flexibility index (Phi) is 4.56. The van der Waals surface area contributed by atoms with Crippen LogP contribution in [0.4, 0.5) is 4.79 Å². The van der Waals surface area contributed by atoms with Gasteiger partial charge in [-0.3, -0.25) is 19.2 Å². The van der Waals surface area contributed by atoms with Crippen LogP contribution in [0.2, 0.25) is 0 Å². The van der Waals surface area contributed by atoms with Crippen LogP contribution >= 0.6 is 15.9 Å². The summed E-state index contributed by atoms with van der Waals surface area (Å²) in [5.74, 6) is -4.61. The molecule has 162 valence electrons. The van der Waals surface area contributed by atoms with E-state index in [4.69, 9.17) is 5.73 Å². The summed E-state index contributed by atoms with van der Waals surface area (Å²) in [5.41, 5.74) is 7.36. The highest BCUT2D eigenvalue weighted by molar-refractivity contribution is 9.12. The molecule has 9 heteroatoms. The lowest BCUT2D eigenvalue weighted by Gasteiger charge is -2.42. The van der Waals surface area contributed by atoms with Gasteiger partial charge in [0, 0.05) is 23.1 Å². The predicted molar refractivity (Wildman–Crippen MR) is 114 cm³/mol. The summed E-state index contributed by atoms with van der Waals surface area (Å²) in [4.78, 5) is 64.0. The van der Waals surface area contributed by atoms with E-state index in [9.17, 15) is 29.1 Å². The number of carbonyl (C=O) groups excluding carboxylic acids is 5. The topological polar surface area (TPSA) is 135 Å². The Labute approximate surface area is 190 Å². The summed E-state index contributed by atoms with van der Waals surface area (Å²) in [6, 6.07) is 5.21. The molecule has 0 radical (unpaired) electrons. The van der Waals surface area contributed by atoms with Gasteiger partial charge in [-0.2, -0.15) is 4.90 Å². The van der Waals surface area contributed by atoms with Gasteiger partial charge in [0.2, 0.25) is 11.8 Å². The fourth-order valence-electron chi connectivity index (χ4n) is 5.47. The van der Waals surface area contributed by atoms with Crippen LogP contribution in [0, 0.1) is 17.8 Å². The molecule has 4 amide bonds. The van der Waals surface area contributed by atoms with Gasteiger partial charge in [0.25, 0.3) is 0 Å². The van der Waals surface area contributed by atoms with E-state index in [-0.39, 0.29) is 34.6 Å². The van der Waals surface area contributed by atoms with Gasteiger partial charge in [0.1, 0.15) is 5.75 Å². The number of fused-ring (bicyclic) bond motifs is 3. The van der Waals surface area contributed by atoms with Crippen molar-refractivity contribution in [2.75, 3.05) is 0 Å². The van der Waals surface area contributed by atoms with Gasteiger partial charge in [0.15, 0.2) is 11.6 Å². The molecule has 1 heterocycles. The van der Waals surface area contributed by atoms with Gasteiger partial charge in [-0.05, 0) is 52.4 Å². The maximum Gasteiger partial charge on any atom is 0.328 e. The van der Waals surface area contributed by atoms with Gasteiger partial charge in [-0.1, -0.05) is 23.8 Å². The third-order valence-electron chi connectivity index (χ3n) is 6.78. The van der Waals surface area contributed by atoms with Gasteiger partial charge < -0.3 is 10.8 Å². The number of allylic oxidation sites excluding steroid dienone is 6. The van der Waals surface area contributed by atoms with Crippen LogP contribution in [0.5, 0.6) is 5.75 Å². The van der Waals surface area contributed by atoms with Crippen molar-refractivity contribution >= 4 is 45.3 Å². The van der Waals surface area contributed by atoms with Crippen LogP contribution in [0.1, 0.15) is 24.3 Å². The minimum absolute atomic E-state index is 0.0513. The van der Waals surface area contributed by atoms with E-state index in [1.54, 1.807) is 12.1 Å². The van der Waals surface area contributed by atoms with Crippen molar-refractivity contribution in [2.45, 2.75) is 18.8 Å². The first-order valence-corrected chi connectivity index (χ1v) is 10.9. The maximum absolute atomic E-state index is 13.1. The summed E-state index contributed by atoms with van der Waals surface area (Å²) in [6.45, 7) is 0. The van der Waals surface area contributed by atoms with E-state index >= 15 is 0 Å². The van der Waals surface area contributed by atoms with E-state index in [1.165, 1.54) is 18.2 Å². The highest BCUT2D eigenvalue weighted by Crippen LogP contribution is 2.55. The van der Waals surface area contributed by atoms with Gasteiger partial charge in [-0.15, -0.1) is 0 Å². The number of nitrogens with two attached hydrogens (primary N) is 1. The van der Waals surface area contributed by atoms with Crippen molar-refractivity contribution in [3.8, 4) is 5.75 Å². The second-order valence-corrected chi connectivity index (χ2v) is 9.19. The Morgan fingerprint density at radius 1 is 1.06 bits per heavy atom. The summed E-state index contributed by atoms with van der Waals surface area (Å²) in [5, 5.41) is 9.72. The van der Waals surface area contributed by atoms with Gasteiger partial charge in [-0.25, -0.2) is 4.79 Å². The summed E-state index contributed by atoms with van der Waals surface area (Å²) in [7, 11) is 0. The number of ketones is 2. The van der Waals surface area contributed by atoms with Crippen LogP contribution in [0.15, 0.2) is 57.6 Å². The lowest BCUT2D eigenvalue weighted by molar-refractivity contribution is -0.136. The third-order valence-corrected chi connectivity index (χ3v) is 7.37. The predicted octanol–water partition coefficient (Wildman–Crippen LogP) is 2.23. The molecule has 1 aliphatic heterocycles. The number of primary amides is 1. The van der Waals surface area contributed by atoms with Crippen molar-refractivity contribution in [1.82, 2.24) is 4.90 Å². The van der Waals surface area contributed by atoms with E-state index in [0.29, 0.717) is 21.6 Å². The number of halogens is 1. The first kappa shape index (κ1) is 20.6. The largest absolute Gasteiger partial charge is 0.508 e. The molecule has 0 saturated carbocycles. The van der Waals surface area contributed by atoms with Crippen LogP contribution < -0.4 is 5.73 Å². The number of benzene rings is 1. The molecule has 3 N–H and O–H groups in total. The number of rotatable bonds is 1. The number of urea groups is 1. The maximum atomic E-state index is 13.1. The number of phenols is 1. The molecule has 1 aromatic rings. The lowest BCUT2D eigenvalue weighted by Crippen LogP contribution is -2.42. The molecular formula is C23H17BrN2O6. The van der Waals surface area contributed by atoms with Crippen molar-refractivity contribution < 1.29 is 29.1 Å². The Hall–Kier alpha value is -3.33. The second-order valence-electron chi connectivity index (χ2n) is 8.34. The number of hydrogen-bond acceptors (Lipinski definition) is 6. The number of aromatic hydroxyl groups is 1. The number of phenolic OH excluding ortho intramolecular Hbond substituents is 1. The molecular weight excluding hydrogens is 480 g/mol. The molecule has 4 unspecified atom stereocenters. The smallest absolute Gasteiger partial charge is 0.328 e. The number of nitrogens with zero attached hydrogens (tertiary/aromatic N) is 1. The SMILES string of the molecule is NC(=O)N1C(=O)C2CC=C3C(c4ccc(O)cc4)C4=C(CC3C2C1=O)C(=O)C(Br)=CC4=O. The molecule has 0 aromatic heterocycles. The molecule has 1 saturated heterocycles. The number of amides is 4. The first-order chi connectivity index (χ1) is 15.2. The molecule has 32 heavy (non-hydrogen) atoms. The van der Waals surface area contributed by atoms with Crippen molar-refractivity contribution in [3.05, 3.63) is 63.2 Å². The molecule has 5 rings (SSSR count). The number of Topliss-reactive ketones (excluding diaryl/α,β-unsaturated/α-hetero) is 1. The quantitative estimate of drug-likeness (QED) is 0.347. The van der Waals surface area contributed by atoms with Gasteiger partial charge >= 0.3 is 6.03 Å². The molecule has 4 atom stereocenters. The molecule has 3 aliphatic carbocycles. The summed E-state index contributed by atoms with van der Waals surface area (Å²) in [6.07, 6.45) is 3.42. The fraction of sp³-hybridized carbons (Fsp3) is 0.261. The van der Waals surface area contributed by atoms with Crippen molar-refractivity contribution in [1.29, 1.82) is 0 Å². The van der Waals surface area contributed by atoms with Crippen LogP contribution in [-0.2, 0) is 19.2 Å². The van der Waals surface area contributed by atoms with Crippen molar-refractivity contribution in [2.24, 2.45) is 23.5 Å². The van der Waals surface area contributed by atoms with Crippen molar-refractivity contribution in [3.63, 3.8) is 0 Å². The Bertz CT molecular complexity index is 1230. The van der Waals surface area contributed by atoms with E-state index < -0.39 is 41.5 Å². The normalized spacial score (nSPS) is 29.3. The average molecular weight is 497 g/mol. The highest BCUT2D eigenvalue weighted by Gasteiger charge is 2.57. The summed E-state index contributed by atoms with van der Waals surface area (Å²) < 4.78 is 0.137. The highest BCUT2D eigenvalue weighted by atomic mass is 79.9. The fourth-order valence-corrected chi connectivity index (χ4v) is 5.92. The second kappa shape index (κ2) is 7.09. The number of hydrogen-bond donors (Lipinski definition) is 2. The van der Waals surface area contributed by atoms with Gasteiger partial charge in [0.05, 0.1) is 16.3 Å². The van der Waals surface area contributed by atoms with E-state index in [2.05, 4.69) is 15.9 Å². The van der Waals surface area contributed by atoms with E-state index in [0.717, 1.165) is 5.57 Å². The van der Waals surface area contributed by atoms with E-state index in [1.807, 2.05) is 6.08 Å². The monoisotopic (exact) mass is 496 g/mol. The minimum Gasteiger partial charge on any atom is -0.508 e. The third kappa shape index (κ3) is 2.77.